The molecule has 5 nitrogen and oxygen atoms in total. The number of aromatic nitrogens is 4. The Labute approximate surface area is 164 Å². The first-order valence-corrected chi connectivity index (χ1v) is 9.46. The van der Waals surface area contributed by atoms with Gasteiger partial charge >= 0.3 is 6.18 Å². The van der Waals surface area contributed by atoms with E-state index in [1.807, 2.05) is 49.6 Å². The molecular weight excluding hydrogens is 389 g/mol. The monoisotopic (exact) mass is 408 g/mol. The molecule has 2 heterocycles. The van der Waals surface area contributed by atoms with E-state index in [9.17, 15) is 18.0 Å². The van der Waals surface area contributed by atoms with Gasteiger partial charge in [-0.3, -0.25) is 4.79 Å². The minimum Gasteiger partial charge on any atom is -0.318 e. The molecule has 0 radical (unpaired) electrons. The van der Waals surface area contributed by atoms with E-state index >= 15 is 0 Å². The van der Waals surface area contributed by atoms with Gasteiger partial charge in [0.15, 0.2) is 10.9 Å². The van der Waals surface area contributed by atoms with Crippen molar-refractivity contribution in [3.05, 3.63) is 58.7 Å². The van der Waals surface area contributed by atoms with Gasteiger partial charge in [-0.05, 0) is 39.0 Å². The van der Waals surface area contributed by atoms with Gasteiger partial charge in [0.05, 0.1) is 5.75 Å². The molecule has 2 aromatic heterocycles. The summed E-state index contributed by atoms with van der Waals surface area (Å²) in [5.41, 5.74) is 4.34. The van der Waals surface area contributed by atoms with Crippen LogP contribution in [-0.4, -0.2) is 30.9 Å². The minimum atomic E-state index is -4.58. The van der Waals surface area contributed by atoms with Crippen LogP contribution in [0.15, 0.2) is 35.5 Å². The molecule has 28 heavy (non-hydrogen) atoms. The van der Waals surface area contributed by atoms with Crippen molar-refractivity contribution < 1.29 is 18.0 Å². The van der Waals surface area contributed by atoms with Gasteiger partial charge in [0.1, 0.15) is 0 Å². The van der Waals surface area contributed by atoms with Crippen LogP contribution in [0.5, 0.6) is 0 Å². The minimum absolute atomic E-state index is 0.0258. The highest BCUT2D eigenvalue weighted by Crippen LogP contribution is 2.30. The van der Waals surface area contributed by atoms with Gasteiger partial charge in [-0.15, -0.1) is 10.2 Å². The molecule has 0 saturated carbocycles. The maximum absolute atomic E-state index is 12.8. The third-order valence-electron chi connectivity index (χ3n) is 4.44. The number of halogens is 3. The van der Waals surface area contributed by atoms with Crippen LogP contribution in [0.4, 0.5) is 13.2 Å². The van der Waals surface area contributed by atoms with Gasteiger partial charge in [0, 0.05) is 29.7 Å². The van der Waals surface area contributed by atoms with E-state index in [4.69, 9.17) is 0 Å². The first-order valence-electron chi connectivity index (χ1n) is 8.48. The molecular formula is C19H19F3N4OS. The number of aryl methyl sites for hydroxylation is 2. The molecule has 148 valence electrons. The zero-order valence-electron chi connectivity index (χ0n) is 15.8. The number of carbonyl (C=O) groups is 1. The Kier molecular flexibility index (Phi) is 5.38. The van der Waals surface area contributed by atoms with Crippen LogP contribution in [0.25, 0.3) is 5.69 Å². The van der Waals surface area contributed by atoms with Crippen molar-refractivity contribution in [3.8, 4) is 5.69 Å². The lowest BCUT2D eigenvalue weighted by molar-refractivity contribution is -0.147. The second-order valence-corrected chi connectivity index (χ2v) is 7.47. The number of carbonyl (C=O) groups excluding carboxylic acids is 1. The maximum atomic E-state index is 12.8. The molecule has 0 aliphatic carbocycles. The number of nitrogens with zero attached hydrogens (tertiary/aromatic N) is 4. The standard InChI is InChI=1S/C19H19F3N4OS/c1-11-5-7-14(8-6-11)26-12(2)9-15(13(26)3)16(27)10-28-18-24-23-17(25(18)4)19(20,21)22/h5-9H,10H2,1-4H3. The second-order valence-electron chi connectivity index (χ2n) is 6.53. The zero-order valence-corrected chi connectivity index (χ0v) is 16.6. The highest BCUT2D eigenvalue weighted by molar-refractivity contribution is 7.99. The van der Waals surface area contributed by atoms with Crippen molar-refractivity contribution in [2.45, 2.75) is 32.1 Å². The SMILES string of the molecule is Cc1ccc(-n2c(C)cc(C(=O)CSc3nnc(C(F)(F)F)n3C)c2C)cc1. The molecule has 0 aliphatic rings. The van der Waals surface area contributed by atoms with Crippen molar-refractivity contribution in [1.29, 1.82) is 0 Å². The van der Waals surface area contributed by atoms with Crippen molar-refractivity contribution in [3.63, 3.8) is 0 Å². The number of ketones is 1. The van der Waals surface area contributed by atoms with E-state index in [1.54, 1.807) is 6.07 Å². The fraction of sp³-hybridized carbons (Fsp3) is 0.316. The van der Waals surface area contributed by atoms with E-state index in [0.29, 0.717) is 5.56 Å². The Bertz CT molecular complexity index is 1020. The van der Waals surface area contributed by atoms with Gasteiger partial charge in [-0.2, -0.15) is 13.2 Å². The third kappa shape index (κ3) is 3.84. The lowest BCUT2D eigenvalue weighted by Crippen LogP contribution is -2.13. The number of thioether (sulfide) groups is 1. The maximum Gasteiger partial charge on any atom is 0.451 e. The van der Waals surface area contributed by atoms with Crippen molar-refractivity contribution >= 4 is 17.5 Å². The first-order chi connectivity index (χ1) is 13.1. The van der Waals surface area contributed by atoms with E-state index in [-0.39, 0.29) is 16.7 Å². The van der Waals surface area contributed by atoms with Crippen LogP contribution in [-0.2, 0) is 13.2 Å². The fourth-order valence-corrected chi connectivity index (χ4v) is 3.83. The van der Waals surface area contributed by atoms with E-state index < -0.39 is 12.0 Å². The molecule has 0 bridgehead atoms. The van der Waals surface area contributed by atoms with Gasteiger partial charge in [-0.25, -0.2) is 0 Å². The number of hydrogen-bond donors (Lipinski definition) is 0. The molecule has 0 atom stereocenters. The Hall–Kier alpha value is -2.55. The predicted molar refractivity (Wildman–Crippen MR) is 101 cm³/mol. The average Bonchev–Trinajstić information content (AvgIpc) is 3.13. The Balaban J connectivity index is 1.80. The average molecular weight is 408 g/mol. The molecule has 0 N–H and O–H groups in total. The molecule has 0 aliphatic heterocycles. The van der Waals surface area contributed by atoms with Gasteiger partial charge in [-0.1, -0.05) is 29.5 Å². The predicted octanol–water partition coefficient (Wildman–Crippen LogP) is 4.52. The third-order valence-corrected chi connectivity index (χ3v) is 5.46. The van der Waals surface area contributed by atoms with Crippen molar-refractivity contribution in [2.24, 2.45) is 7.05 Å². The molecule has 1 aromatic carbocycles. The summed E-state index contributed by atoms with van der Waals surface area (Å²) in [5, 5.41) is 6.77. The summed E-state index contributed by atoms with van der Waals surface area (Å²) in [4.78, 5) is 12.7. The van der Waals surface area contributed by atoms with E-state index in [2.05, 4.69) is 10.2 Å². The molecule has 9 heteroatoms. The van der Waals surface area contributed by atoms with Crippen LogP contribution < -0.4 is 0 Å². The summed E-state index contributed by atoms with van der Waals surface area (Å²) in [6.45, 7) is 5.77. The number of hydrogen-bond acceptors (Lipinski definition) is 4. The number of alkyl halides is 3. The van der Waals surface area contributed by atoms with Crippen LogP contribution in [0, 0.1) is 20.8 Å². The van der Waals surface area contributed by atoms with E-state index in [1.165, 1.54) is 7.05 Å². The lowest BCUT2D eigenvalue weighted by Gasteiger charge is -2.10. The number of Topliss-reactive ketones (excluding diaryl/α,β-unsaturated/α-hetero) is 1. The Morgan fingerprint density at radius 2 is 1.75 bits per heavy atom. The van der Waals surface area contributed by atoms with Crippen LogP contribution in [0.3, 0.4) is 0 Å². The Morgan fingerprint density at radius 3 is 2.32 bits per heavy atom. The highest BCUT2D eigenvalue weighted by Gasteiger charge is 2.37. The summed E-state index contributed by atoms with van der Waals surface area (Å²) in [5.74, 6) is -1.28. The van der Waals surface area contributed by atoms with Crippen LogP contribution in [0.2, 0.25) is 0 Å². The smallest absolute Gasteiger partial charge is 0.318 e. The highest BCUT2D eigenvalue weighted by atomic mass is 32.2. The van der Waals surface area contributed by atoms with Crippen molar-refractivity contribution in [2.75, 3.05) is 5.75 Å². The van der Waals surface area contributed by atoms with Crippen LogP contribution in [0.1, 0.15) is 33.1 Å². The van der Waals surface area contributed by atoms with Gasteiger partial charge in [0.2, 0.25) is 5.82 Å². The Morgan fingerprint density at radius 1 is 1.11 bits per heavy atom. The number of benzene rings is 1. The summed E-state index contributed by atoms with van der Waals surface area (Å²) < 4.78 is 41.3. The number of rotatable bonds is 5. The molecule has 0 amide bonds. The van der Waals surface area contributed by atoms with Gasteiger partial charge in [0.25, 0.3) is 0 Å². The molecule has 3 aromatic rings. The van der Waals surface area contributed by atoms with E-state index in [0.717, 1.165) is 39.0 Å². The topological polar surface area (TPSA) is 52.7 Å². The summed E-state index contributed by atoms with van der Waals surface area (Å²) in [6.07, 6.45) is -4.58. The summed E-state index contributed by atoms with van der Waals surface area (Å²) >= 11 is 0.939. The van der Waals surface area contributed by atoms with Crippen LogP contribution >= 0.6 is 11.8 Å². The quantitative estimate of drug-likeness (QED) is 0.460. The molecule has 0 spiro atoms. The van der Waals surface area contributed by atoms with Gasteiger partial charge < -0.3 is 9.13 Å². The first kappa shape index (κ1) is 20.2. The fourth-order valence-electron chi connectivity index (χ4n) is 3.03. The summed E-state index contributed by atoms with van der Waals surface area (Å²) in [7, 11) is 1.24. The summed E-state index contributed by atoms with van der Waals surface area (Å²) in [6, 6.07) is 9.76. The van der Waals surface area contributed by atoms with Crippen molar-refractivity contribution in [1.82, 2.24) is 19.3 Å². The molecule has 0 unspecified atom stereocenters. The molecule has 3 rings (SSSR count). The zero-order chi connectivity index (χ0) is 20.6. The lowest BCUT2D eigenvalue weighted by atomic mass is 10.2. The molecule has 0 saturated heterocycles. The largest absolute Gasteiger partial charge is 0.451 e. The molecule has 0 fully saturated rings. The second kappa shape index (κ2) is 7.46. The normalized spacial score (nSPS) is 11.8.